The highest BCUT2D eigenvalue weighted by Gasteiger charge is 2.23. The standard InChI is InChI=1S/C24H29FN2O3/c1-17-6-7-18(2)21(14-17)23(28)8-9-24(29)26-16-22(27-10-12-30-13-11-27)19-4-3-5-20(25)15-19/h3-7,14-15,22H,8-13,16H2,1-2H3,(H,26,29). The summed E-state index contributed by atoms with van der Waals surface area (Å²) in [6.45, 7) is 6.89. The van der Waals surface area contributed by atoms with Crippen molar-refractivity contribution in [2.45, 2.75) is 32.7 Å². The predicted octanol–water partition coefficient (Wildman–Crippen LogP) is 3.60. The summed E-state index contributed by atoms with van der Waals surface area (Å²) in [4.78, 5) is 27.2. The quantitative estimate of drug-likeness (QED) is 0.673. The highest BCUT2D eigenvalue weighted by Crippen LogP contribution is 2.22. The Hall–Kier alpha value is -2.57. The fourth-order valence-electron chi connectivity index (χ4n) is 3.76. The Morgan fingerprint density at radius 2 is 1.87 bits per heavy atom. The lowest BCUT2D eigenvalue weighted by Gasteiger charge is -2.35. The van der Waals surface area contributed by atoms with Crippen molar-refractivity contribution in [1.82, 2.24) is 10.2 Å². The summed E-state index contributed by atoms with van der Waals surface area (Å²) in [5, 5.41) is 2.93. The highest BCUT2D eigenvalue weighted by molar-refractivity contribution is 5.99. The number of Topliss-reactive ketones (excluding diaryl/α,β-unsaturated/α-hetero) is 1. The average Bonchev–Trinajstić information content (AvgIpc) is 2.74. The van der Waals surface area contributed by atoms with Crippen LogP contribution in [0.1, 0.15) is 45.9 Å². The van der Waals surface area contributed by atoms with Crippen LogP contribution in [0.4, 0.5) is 4.39 Å². The van der Waals surface area contributed by atoms with Crippen LogP contribution in [-0.2, 0) is 9.53 Å². The summed E-state index contributed by atoms with van der Waals surface area (Å²) >= 11 is 0. The molecule has 1 heterocycles. The van der Waals surface area contributed by atoms with Gasteiger partial charge < -0.3 is 10.1 Å². The maximum atomic E-state index is 13.8. The molecule has 1 amide bonds. The second-order valence-corrected chi connectivity index (χ2v) is 7.76. The summed E-state index contributed by atoms with van der Waals surface area (Å²) < 4.78 is 19.2. The number of carbonyl (C=O) groups is 2. The molecule has 160 valence electrons. The zero-order valence-electron chi connectivity index (χ0n) is 17.6. The zero-order valence-corrected chi connectivity index (χ0v) is 17.6. The number of rotatable bonds is 8. The molecule has 1 unspecified atom stereocenters. The van der Waals surface area contributed by atoms with E-state index in [1.807, 2.05) is 38.1 Å². The normalized spacial score (nSPS) is 15.6. The van der Waals surface area contributed by atoms with Crippen molar-refractivity contribution in [3.63, 3.8) is 0 Å². The van der Waals surface area contributed by atoms with Crippen LogP contribution >= 0.6 is 0 Å². The number of nitrogens with one attached hydrogen (secondary N) is 1. The number of aryl methyl sites for hydroxylation is 2. The minimum absolute atomic E-state index is 0.0267. The second kappa shape index (κ2) is 10.5. The van der Waals surface area contributed by atoms with Crippen LogP contribution in [-0.4, -0.2) is 49.4 Å². The first-order valence-corrected chi connectivity index (χ1v) is 10.4. The number of morpholine rings is 1. The number of amides is 1. The van der Waals surface area contributed by atoms with Crippen LogP contribution in [0.3, 0.4) is 0 Å². The van der Waals surface area contributed by atoms with Crippen LogP contribution in [0.5, 0.6) is 0 Å². The minimum Gasteiger partial charge on any atom is -0.379 e. The maximum absolute atomic E-state index is 13.8. The van der Waals surface area contributed by atoms with Gasteiger partial charge in [0.25, 0.3) is 0 Å². The monoisotopic (exact) mass is 412 g/mol. The summed E-state index contributed by atoms with van der Waals surface area (Å²) in [6, 6.07) is 12.1. The van der Waals surface area contributed by atoms with E-state index in [2.05, 4.69) is 10.2 Å². The minimum atomic E-state index is -0.295. The molecule has 0 aliphatic carbocycles. The van der Waals surface area contributed by atoms with Crippen LogP contribution in [0.25, 0.3) is 0 Å². The number of hydrogen-bond acceptors (Lipinski definition) is 4. The summed E-state index contributed by atoms with van der Waals surface area (Å²) in [5.74, 6) is -0.499. The van der Waals surface area contributed by atoms with Gasteiger partial charge in [-0.05, 0) is 43.2 Å². The van der Waals surface area contributed by atoms with Gasteiger partial charge in [-0.25, -0.2) is 4.39 Å². The van der Waals surface area contributed by atoms with Crippen LogP contribution < -0.4 is 5.32 Å². The lowest BCUT2D eigenvalue weighted by molar-refractivity contribution is -0.121. The number of carbonyl (C=O) groups excluding carboxylic acids is 2. The van der Waals surface area contributed by atoms with Gasteiger partial charge >= 0.3 is 0 Å². The van der Waals surface area contributed by atoms with Gasteiger partial charge in [-0.1, -0.05) is 29.8 Å². The Morgan fingerprint density at radius 3 is 2.60 bits per heavy atom. The molecular formula is C24H29FN2O3. The molecule has 0 bridgehead atoms. The molecule has 2 aromatic carbocycles. The van der Waals surface area contributed by atoms with Gasteiger partial charge in [0.05, 0.1) is 19.3 Å². The lowest BCUT2D eigenvalue weighted by Crippen LogP contribution is -2.43. The van der Waals surface area contributed by atoms with Gasteiger partial charge in [0.15, 0.2) is 5.78 Å². The molecule has 5 nitrogen and oxygen atoms in total. The van der Waals surface area contributed by atoms with Crippen LogP contribution in [0.15, 0.2) is 42.5 Å². The van der Waals surface area contributed by atoms with E-state index in [1.165, 1.54) is 12.1 Å². The Labute approximate surface area is 177 Å². The molecule has 6 heteroatoms. The van der Waals surface area contributed by atoms with Gasteiger partial charge in [-0.2, -0.15) is 0 Å². The van der Waals surface area contributed by atoms with E-state index >= 15 is 0 Å². The first-order valence-electron chi connectivity index (χ1n) is 10.4. The molecular weight excluding hydrogens is 383 g/mol. The molecule has 1 fully saturated rings. The number of benzene rings is 2. The third-order valence-electron chi connectivity index (χ3n) is 5.49. The molecule has 2 aromatic rings. The molecule has 0 spiro atoms. The molecule has 1 atom stereocenters. The van der Waals surface area contributed by atoms with E-state index in [1.54, 1.807) is 6.07 Å². The fraction of sp³-hybridized carbons (Fsp3) is 0.417. The summed E-state index contributed by atoms with van der Waals surface area (Å²) in [7, 11) is 0. The fourth-order valence-corrected chi connectivity index (χ4v) is 3.76. The first-order chi connectivity index (χ1) is 14.4. The smallest absolute Gasteiger partial charge is 0.220 e. The van der Waals surface area contributed by atoms with E-state index in [-0.39, 0.29) is 36.4 Å². The molecule has 0 saturated carbocycles. The molecule has 1 aliphatic rings. The van der Waals surface area contributed by atoms with Crippen molar-refractivity contribution in [3.8, 4) is 0 Å². The maximum Gasteiger partial charge on any atom is 0.220 e. The molecule has 0 radical (unpaired) electrons. The van der Waals surface area contributed by atoms with Gasteiger partial charge in [-0.3, -0.25) is 14.5 Å². The molecule has 1 saturated heterocycles. The number of ketones is 1. The van der Waals surface area contributed by atoms with Crippen molar-refractivity contribution < 1.29 is 18.7 Å². The summed E-state index contributed by atoms with van der Waals surface area (Å²) in [5.41, 5.74) is 3.44. The van der Waals surface area contributed by atoms with Gasteiger partial charge in [0.1, 0.15) is 5.82 Å². The molecule has 3 rings (SSSR count). The lowest BCUT2D eigenvalue weighted by atomic mass is 9.99. The zero-order chi connectivity index (χ0) is 21.5. The second-order valence-electron chi connectivity index (χ2n) is 7.76. The number of halogens is 1. The Kier molecular flexibility index (Phi) is 7.71. The molecule has 1 aliphatic heterocycles. The topological polar surface area (TPSA) is 58.6 Å². The predicted molar refractivity (Wildman–Crippen MR) is 114 cm³/mol. The average molecular weight is 413 g/mol. The largest absolute Gasteiger partial charge is 0.379 e. The van der Waals surface area contributed by atoms with Gasteiger partial charge in [0, 0.05) is 38.0 Å². The van der Waals surface area contributed by atoms with Crippen LogP contribution in [0, 0.1) is 19.7 Å². The Morgan fingerprint density at radius 1 is 1.10 bits per heavy atom. The van der Waals surface area contributed by atoms with Gasteiger partial charge in [0.2, 0.25) is 5.91 Å². The molecule has 0 aromatic heterocycles. The molecule has 1 N–H and O–H groups in total. The van der Waals surface area contributed by atoms with Crippen molar-refractivity contribution >= 4 is 11.7 Å². The highest BCUT2D eigenvalue weighted by atomic mass is 19.1. The third-order valence-corrected chi connectivity index (χ3v) is 5.49. The van der Waals surface area contributed by atoms with Gasteiger partial charge in [-0.15, -0.1) is 0 Å². The Bertz CT molecular complexity index is 894. The first kappa shape index (κ1) is 22.1. The van der Waals surface area contributed by atoms with E-state index < -0.39 is 0 Å². The van der Waals surface area contributed by atoms with Crippen molar-refractivity contribution in [2.24, 2.45) is 0 Å². The van der Waals surface area contributed by atoms with Crippen LogP contribution in [0.2, 0.25) is 0 Å². The van der Waals surface area contributed by atoms with Crippen molar-refractivity contribution in [1.29, 1.82) is 0 Å². The Balaban J connectivity index is 1.58. The van der Waals surface area contributed by atoms with E-state index in [0.717, 1.165) is 29.8 Å². The SMILES string of the molecule is Cc1ccc(C)c(C(=O)CCC(=O)NCC(c2cccc(F)c2)N2CCOCC2)c1. The number of nitrogens with zero attached hydrogens (tertiary/aromatic N) is 1. The summed E-state index contributed by atoms with van der Waals surface area (Å²) in [6.07, 6.45) is 0.295. The van der Waals surface area contributed by atoms with E-state index in [0.29, 0.717) is 25.3 Å². The third kappa shape index (κ3) is 5.97. The molecule has 30 heavy (non-hydrogen) atoms. The van der Waals surface area contributed by atoms with E-state index in [9.17, 15) is 14.0 Å². The van der Waals surface area contributed by atoms with E-state index in [4.69, 9.17) is 4.74 Å². The van der Waals surface area contributed by atoms with Crippen molar-refractivity contribution in [2.75, 3.05) is 32.8 Å². The number of hydrogen-bond donors (Lipinski definition) is 1. The van der Waals surface area contributed by atoms with Crippen molar-refractivity contribution in [3.05, 3.63) is 70.5 Å². The number of ether oxygens (including phenoxy) is 1.